The highest BCUT2D eigenvalue weighted by atomic mass is 127. The van der Waals surface area contributed by atoms with Gasteiger partial charge in [0, 0.05) is 17.5 Å². The zero-order valence-electron chi connectivity index (χ0n) is 15.9. The molecule has 0 spiro atoms. The molecule has 6 nitrogen and oxygen atoms in total. The largest absolute Gasteiger partial charge is 0.368 e. The zero-order valence-corrected chi connectivity index (χ0v) is 19.1. The van der Waals surface area contributed by atoms with E-state index in [0.29, 0.717) is 35.2 Å². The lowest BCUT2D eigenvalue weighted by atomic mass is 9.96. The van der Waals surface area contributed by atoms with Crippen LogP contribution in [-0.4, -0.2) is 26.9 Å². The molecule has 1 saturated carbocycles. The standard InChI is InChI=1S/C21H22N4O2S.HI/c22-18(26)11-25-19(23-16-4-2-1-3-14(16)21(25)27)12-24-9-7-17-15(8-10-28-17)20(24)13-5-6-13;/h1-4,8,10,13,20H,5-7,9,11-12H2,(H2,22,26);1H. The molecule has 1 unspecified atom stereocenters. The monoisotopic (exact) mass is 522 g/mol. The molecule has 2 aromatic heterocycles. The average Bonchev–Trinajstić information content (AvgIpc) is 3.40. The van der Waals surface area contributed by atoms with E-state index in [-0.39, 0.29) is 36.1 Å². The van der Waals surface area contributed by atoms with Gasteiger partial charge >= 0.3 is 0 Å². The maximum absolute atomic E-state index is 13.0. The van der Waals surface area contributed by atoms with Crippen molar-refractivity contribution >= 4 is 52.1 Å². The van der Waals surface area contributed by atoms with Crippen molar-refractivity contribution in [2.24, 2.45) is 11.7 Å². The number of fused-ring (bicyclic) bond motifs is 2. The van der Waals surface area contributed by atoms with Crippen molar-refractivity contribution in [2.75, 3.05) is 6.54 Å². The van der Waals surface area contributed by atoms with Crippen LogP contribution in [0, 0.1) is 5.92 Å². The third kappa shape index (κ3) is 3.85. The van der Waals surface area contributed by atoms with E-state index in [1.807, 2.05) is 29.5 Å². The molecule has 5 rings (SSSR count). The second kappa shape index (κ2) is 8.16. The number of thiophene rings is 1. The van der Waals surface area contributed by atoms with Gasteiger partial charge in [0.25, 0.3) is 5.56 Å². The first-order valence-corrected chi connectivity index (χ1v) is 10.6. The van der Waals surface area contributed by atoms with Crippen molar-refractivity contribution in [2.45, 2.75) is 38.4 Å². The third-order valence-corrected chi connectivity index (χ3v) is 6.78. The van der Waals surface area contributed by atoms with Gasteiger partial charge in [0.1, 0.15) is 12.4 Å². The van der Waals surface area contributed by atoms with E-state index < -0.39 is 5.91 Å². The van der Waals surface area contributed by atoms with E-state index in [2.05, 4.69) is 16.3 Å². The Morgan fingerprint density at radius 1 is 1.24 bits per heavy atom. The minimum atomic E-state index is -0.530. The van der Waals surface area contributed by atoms with Crippen molar-refractivity contribution in [3.63, 3.8) is 0 Å². The van der Waals surface area contributed by atoms with E-state index in [1.165, 1.54) is 27.8 Å². The highest BCUT2D eigenvalue weighted by Gasteiger charge is 2.40. The van der Waals surface area contributed by atoms with Crippen LogP contribution < -0.4 is 11.3 Å². The molecule has 29 heavy (non-hydrogen) atoms. The molecule has 2 aliphatic rings. The van der Waals surface area contributed by atoms with Crippen molar-refractivity contribution in [3.05, 3.63) is 62.3 Å². The van der Waals surface area contributed by atoms with Crippen LogP contribution in [0.25, 0.3) is 10.9 Å². The van der Waals surface area contributed by atoms with E-state index in [4.69, 9.17) is 10.7 Å². The van der Waals surface area contributed by atoms with Crippen LogP contribution in [0.15, 0.2) is 40.5 Å². The van der Waals surface area contributed by atoms with Gasteiger partial charge < -0.3 is 5.73 Å². The van der Waals surface area contributed by atoms with Crippen LogP contribution >= 0.6 is 35.3 Å². The van der Waals surface area contributed by atoms with Crippen LogP contribution in [0.1, 0.15) is 35.1 Å². The smallest absolute Gasteiger partial charge is 0.261 e. The number of para-hydroxylation sites is 1. The quantitative estimate of drug-likeness (QED) is 0.523. The number of hydrogen-bond acceptors (Lipinski definition) is 5. The fourth-order valence-electron chi connectivity index (χ4n) is 4.37. The Labute approximate surface area is 189 Å². The van der Waals surface area contributed by atoms with E-state index >= 15 is 0 Å². The minimum absolute atomic E-state index is 0. The molecule has 1 aliphatic heterocycles. The van der Waals surface area contributed by atoms with Gasteiger partial charge in [0.15, 0.2) is 0 Å². The van der Waals surface area contributed by atoms with Crippen molar-refractivity contribution < 1.29 is 4.79 Å². The van der Waals surface area contributed by atoms with E-state index in [0.717, 1.165) is 13.0 Å². The number of carbonyl (C=O) groups excluding carboxylic acids is 1. The van der Waals surface area contributed by atoms with Gasteiger partial charge in [-0.25, -0.2) is 4.98 Å². The highest BCUT2D eigenvalue weighted by molar-refractivity contribution is 14.0. The van der Waals surface area contributed by atoms with Gasteiger partial charge in [-0.05, 0) is 54.3 Å². The summed E-state index contributed by atoms with van der Waals surface area (Å²) in [5.74, 6) is 0.759. The fraction of sp³-hybridized carbons (Fsp3) is 0.381. The Morgan fingerprint density at radius 3 is 2.79 bits per heavy atom. The molecule has 0 bridgehead atoms. The number of primary amides is 1. The molecule has 3 heterocycles. The number of aromatic nitrogens is 2. The van der Waals surface area contributed by atoms with Crippen LogP contribution in [0.2, 0.25) is 0 Å². The zero-order chi connectivity index (χ0) is 19.3. The first-order chi connectivity index (χ1) is 13.6. The SMILES string of the molecule is I.NC(=O)Cn1c(CN2CCc3sccc3C2C2CC2)nc2ccccc2c1=O. The number of nitrogens with two attached hydrogens (primary N) is 1. The second-order valence-corrected chi connectivity index (χ2v) is 8.71. The average molecular weight is 522 g/mol. The van der Waals surface area contributed by atoms with Gasteiger partial charge in [0.05, 0.1) is 17.4 Å². The third-order valence-electron chi connectivity index (χ3n) is 5.79. The normalized spacial score (nSPS) is 19.0. The number of rotatable bonds is 5. The Balaban J connectivity index is 0.00000205. The number of hydrogen-bond donors (Lipinski definition) is 1. The van der Waals surface area contributed by atoms with Gasteiger partial charge in [-0.15, -0.1) is 35.3 Å². The lowest BCUT2D eigenvalue weighted by Crippen LogP contribution is -2.39. The predicted molar refractivity (Wildman–Crippen MR) is 125 cm³/mol. The first kappa shape index (κ1) is 20.5. The Hall–Kier alpha value is -1.78. The number of benzene rings is 1. The molecule has 3 aromatic rings. The predicted octanol–water partition coefficient (Wildman–Crippen LogP) is 3.07. The van der Waals surface area contributed by atoms with E-state index in [1.54, 1.807) is 6.07 Å². The Bertz CT molecular complexity index is 1120. The molecule has 1 atom stereocenters. The van der Waals surface area contributed by atoms with Crippen LogP contribution in [0.3, 0.4) is 0 Å². The van der Waals surface area contributed by atoms with Gasteiger partial charge in [-0.3, -0.25) is 19.1 Å². The minimum Gasteiger partial charge on any atom is -0.368 e. The molecule has 8 heteroatoms. The van der Waals surface area contributed by atoms with Gasteiger partial charge in [-0.2, -0.15) is 0 Å². The van der Waals surface area contributed by atoms with Crippen molar-refractivity contribution in [3.8, 4) is 0 Å². The molecule has 1 fully saturated rings. The summed E-state index contributed by atoms with van der Waals surface area (Å²) in [7, 11) is 0. The summed E-state index contributed by atoms with van der Waals surface area (Å²) in [6.45, 7) is 1.34. The molecule has 0 saturated heterocycles. The van der Waals surface area contributed by atoms with Crippen LogP contribution in [0.4, 0.5) is 0 Å². The highest BCUT2D eigenvalue weighted by Crippen LogP contribution is 2.48. The lowest BCUT2D eigenvalue weighted by molar-refractivity contribution is -0.118. The van der Waals surface area contributed by atoms with Gasteiger partial charge in [0.2, 0.25) is 5.91 Å². The Morgan fingerprint density at radius 2 is 2.03 bits per heavy atom. The van der Waals surface area contributed by atoms with Crippen molar-refractivity contribution in [1.29, 1.82) is 0 Å². The first-order valence-electron chi connectivity index (χ1n) is 9.69. The van der Waals surface area contributed by atoms with Crippen molar-refractivity contribution in [1.82, 2.24) is 14.5 Å². The Kier molecular flexibility index (Phi) is 5.76. The summed E-state index contributed by atoms with van der Waals surface area (Å²) in [6, 6.07) is 9.91. The van der Waals surface area contributed by atoms with Crippen LogP contribution in [-0.2, 0) is 24.3 Å². The second-order valence-electron chi connectivity index (χ2n) is 7.70. The van der Waals surface area contributed by atoms with Crippen LogP contribution in [0.5, 0.6) is 0 Å². The topological polar surface area (TPSA) is 81.2 Å². The fourth-order valence-corrected chi connectivity index (χ4v) is 5.29. The van der Waals surface area contributed by atoms with E-state index in [9.17, 15) is 9.59 Å². The number of carbonyl (C=O) groups is 1. The molecule has 1 aliphatic carbocycles. The summed E-state index contributed by atoms with van der Waals surface area (Å²) >= 11 is 1.84. The molecular formula is C21H23IN4O2S. The maximum atomic E-state index is 13.0. The summed E-state index contributed by atoms with van der Waals surface area (Å²) in [5, 5.41) is 2.70. The summed E-state index contributed by atoms with van der Waals surface area (Å²) < 4.78 is 1.46. The molecule has 2 N–H and O–H groups in total. The number of nitrogens with zero attached hydrogens (tertiary/aromatic N) is 3. The number of amides is 1. The lowest BCUT2D eigenvalue weighted by Gasteiger charge is -2.36. The molecule has 1 amide bonds. The molecule has 0 radical (unpaired) electrons. The number of halogens is 1. The summed E-state index contributed by atoms with van der Waals surface area (Å²) in [6.07, 6.45) is 3.51. The maximum Gasteiger partial charge on any atom is 0.261 e. The summed E-state index contributed by atoms with van der Waals surface area (Å²) in [4.78, 5) is 33.3. The molecule has 1 aromatic carbocycles. The van der Waals surface area contributed by atoms with Gasteiger partial charge in [-0.1, -0.05) is 12.1 Å². The summed E-state index contributed by atoms with van der Waals surface area (Å²) in [5.41, 5.74) is 7.34. The molecule has 152 valence electrons. The molecular weight excluding hydrogens is 499 g/mol.